The van der Waals surface area contributed by atoms with E-state index < -0.39 is 0 Å². The summed E-state index contributed by atoms with van der Waals surface area (Å²) in [4.78, 5) is 8.05. The number of nitrogens with one attached hydrogen (secondary N) is 1. The Morgan fingerprint density at radius 1 is 1.29 bits per heavy atom. The molecular weight excluding hydrogens is 280 g/mol. The van der Waals surface area contributed by atoms with Gasteiger partial charge in [-0.15, -0.1) is 0 Å². The Hall–Kier alpha value is -1.93. The minimum absolute atomic E-state index is 0.308. The van der Waals surface area contributed by atoms with Crippen molar-refractivity contribution in [1.29, 1.82) is 5.26 Å². The van der Waals surface area contributed by atoms with Crippen molar-refractivity contribution in [2.75, 3.05) is 5.32 Å². The maximum atomic E-state index is 8.61. The Labute approximate surface area is 107 Å². The van der Waals surface area contributed by atoms with E-state index in [1.165, 1.54) is 6.20 Å². The Morgan fingerprint density at radius 2 is 2.12 bits per heavy atom. The van der Waals surface area contributed by atoms with Crippen molar-refractivity contribution in [3.05, 3.63) is 46.3 Å². The maximum absolute atomic E-state index is 8.61. The van der Waals surface area contributed by atoms with Crippen molar-refractivity contribution in [2.45, 2.75) is 6.92 Å². The molecular formula is C12H9BrN4. The summed E-state index contributed by atoms with van der Waals surface area (Å²) in [6.45, 7) is 2.00. The number of aromatic nitrogens is 2. The van der Waals surface area contributed by atoms with Crippen molar-refractivity contribution in [3.8, 4) is 6.07 Å². The lowest BCUT2D eigenvalue weighted by atomic mass is 10.2. The molecule has 2 rings (SSSR count). The van der Waals surface area contributed by atoms with Gasteiger partial charge in [0.05, 0.1) is 12.4 Å². The molecule has 1 aromatic carbocycles. The number of hydrogen-bond acceptors (Lipinski definition) is 4. The third-order valence-corrected chi connectivity index (χ3v) is 2.71. The van der Waals surface area contributed by atoms with Crippen molar-refractivity contribution in [1.82, 2.24) is 9.97 Å². The van der Waals surface area contributed by atoms with Gasteiger partial charge in [0, 0.05) is 10.2 Å². The van der Waals surface area contributed by atoms with Gasteiger partial charge in [0.1, 0.15) is 11.9 Å². The van der Waals surface area contributed by atoms with Gasteiger partial charge in [0.15, 0.2) is 5.69 Å². The van der Waals surface area contributed by atoms with Crippen LogP contribution in [0.25, 0.3) is 0 Å². The first-order valence-corrected chi connectivity index (χ1v) is 5.73. The molecule has 4 nitrogen and oxygen atoms in total. The predicted molar refractivity (Wildman–Crippen MR) is 68.9 cm³/mol. The first-order chi connectivity index (χ1) is 8.19. The van der Waals surface area contributed by atoms with Crippen molar-refractivity contribution in [2.24, 2.45) is 0 Å². The average molecular weight is 289 g/mol. The monoisotopic (exact) mass is 288 g/mol. The Bertz CT molecular complexity index is 572. The van der Waals surface area contributed by atoms with E-state index in [1.54, 1.807) is 6.20 Å². The van der Waals surface area contributed by atoms with Gasteiger partial charge < -0.3 is 5.32 Å². The summed E-state index contributed by atoms with van der Waals surface area (Å²) in [7, 11) is 0. The van der Waals surface area contributed by atoms with Gasteiger partial charge in [-0.2, -0.15) is 5.26 Å². The number of halogens is 1. The molecule has 0 saturated carbocycles. The fourth-order valence-corrected chi connectivity index (χ4v) is 1.83. The van der Waals surface area contributed by atoms with Crippen LogP contribution in [0.1, 0.15) is 11.3 Å². The lowest BCUT2D eigenvalue weighted by Crippen LogP contribution is -1.97. The first kappa shape index (κ1) is 11.6. The summed E-state index contributed by atoms with van der Waals surface area (Å²) in [6.07, 6.45) is 2.98. The number of benzene rings is 1. The van der Waals surface area contributed by atoms with E-state index in [0.717, 1.165) is 15.7 Å². The van der Waals surface area contributed by atoms with Crippen LogP contribution in [0.15, 0.2) is 35.1 Å². The fourth-order valence-electron chi connectivity index (χ4n) is 1.36. The molecule has 0 bridgehead atoms. The normalized spacial score (nSPS) is 9.71. The molecule has 5 heteroatoms. The van der Waals surface area contributed by atoms with Gasteiger partial charge in [0.25, 0.3) is 0 Å². The van der Waals surface area contributed by atoms with Gasteiger partial charge in [-0.3, -0.25) is 0 Å². The smallest absolute Gasteiger partial charge is 0.158 e. The molecule has 0 radical (unpaired) electrons. The van der Waals surface area contributed by atoms with Gasteiger partial charge in [-0.05, 0) is 30.7 Å². The molecule has 0 aliphatic carbocycles. The van der Waals surface area contributed by atoms with Crippen LogP contribution in [0.5, 0.6) is 0 Å². The Kier molecular flexibility index (Phi) is 3.35. The van der Waals surface area contributed by atoms with Crippen LogP contribution in [-0.4, -0.2) is 9.97 Å². The first-order valence-electron chi connectivity index (χ1n) is 4.94. The molecule has 0 aliphatic heterocycles. The summed E-state index contributed by atoms with van der Waals surface area (Å²) in [6, 6.07) is 7.85. The van der Waals surface area contributed by atoms with Crippen LogP contribution in [0.3, 0.4) is 0 Å². The number of nitriles is 1. The minimum atomic E-state index is 0.308. The molecule has 1 aromatic heterocycles. The summed E-state index contributed by atoms with van der Waals surface area (Å²) in [5, 5.41) is 11.8. The highest BCUT2D eigenvalue weighted by Gasteiger charge is 2.01. The van der Waals surface area contributed by atoms with Crippen molar-refractivity contribution < 1.29 is 0 Å². The van der Waals surface area contributed by atoms with Crippen LogP contribution in [0.4, 0.5) is 11.5 Å². The molecule has 0 amide bonds. The van der Waals surface area contributed by atoms with Gasteiger partial charge in [0.2, 0.25) is 0 Å². The van der Waals surface area contributed by atoms with E-state index in [2.05, 4.69) is 31.2 Å². The third kappa shape index (κ3) is 2.80. The third-order valence-electron chi connectivity index (χ3n) is 2.22. The highest BCUT2D eigenvalue weighted by Crippen LogP contribution is 2.22. The number of aryl methyl sites for hydroxylation is 1. The minimum Gasteiger partial charge on any atom is -0.339 e. The van der Waals surface area contributed by atoms with Crippen LogP contribution >= 0.6 is 15.9 Å². The topological polar surface area (TPSA) is 61.6 Å². The molecule has 0 atom stereocenters. The average Bonchev–Trinajstić information content (AvgIpc) is 2.34. The van der Waals surface area contributed by atoms with Gasteiger partial charge in [-0.25, -0.2) is 9.97 Å². The molecule has 1 heterocycles. The molecule has 0 unspecified atom stereocenters. The van der Waals surface area contributed by atoms with E-state index in [9.17, 15) is 0 Å². The highest BCUT2D eigenvalue weighted by molar-refractivity contribution is 9.10. The largest absolute Gasteiger partial charge is 0.339 e. The molecule has 17 heavy (non-hydrogen) atoms. The van der Waals surface area contributed by atoms with Gasteiger partial charge >= 0.3 is 0 Å². The highest BCUT2D eigenvalue weighted by atomic mass is 79.9. The van der Waals surface area contributed by atoms with E-state index in [-0.39, 0.29) is 0 Å². The Morgan fingerprint density at radius 3 is 2.71 bits per heavy atom. The quantitative estimate of drug-likeness (QED) is 0.922. The predicted octanol–water partition coefficient (Wildman–Crippen LogP) is 3.16. The van der Waals surface area contributed by atoms with E-state index in [4.69, 9.17) is 5.26 Å². The zero-order valence-corrected chi connectivity index (χ0v) is 10.7. The van der Waals surface area contributed by atoms with Crippen LogP contribution < -0.4 is 5.32 Å². The standard InChI is InChI=1S/C12H9BrN4/c1-8-4-9(13)2-3-11(8)17-12-7-15-10(5-14)6-16-12/h2-4,6-7H,1H3,(H,16,17). The molecule has 0 saturated heterocycles. The van der Waals surface area contributed by atoms with Crippen molar-refractivity contribution >= 4 is 27.4 Å². The van der Waals surface area contributed by atoms with Crippen LogP contribution in [0, 0.1) is 18.3 Å². The molecule has 1 N–H and O–H groups in total. The summed E-state index contributed by atoms with van der Waals surface area (Å²) in [5.74, 6) is 0.620. The maximum Gasteiger partial charge on any atom is 0.158 e. The molecule has 84 valence electrons. The molecule has 0 aliphatic rings. The second kappa shape index (κ2) is 4.93. The number of anilines is 2. The number of hydrogen-bond donors (Lipinski definition) is 1. The zero-order valence-electron chi connectivity index (χ0n) is 9.11. The Balaban J connectivity index is 2.23. The summed E-state index contributed by atoms with van der Waals surface area (Å²) >= 11 is 3.41. The van der Waals surface area contributed by atoms with Crippen LogP contribution in [0.2, 0.25) is 0 Å². The SMILES string of the molecule is Cc1cc(Br)ccc1Nc1cnc(C#N)cn1. The number of nitrogens with zero attached hydrogens (tertiary/aromatic N) is 3. The van der Waals surface area contributed by atoms with Crippen molar-refractivity contribution in [3.63, 3.8) is 0 Å². The van der Waals surface area contributed by atoms with Crippen LogP contribution in [-0.2, 0) is 0 Å². The second-order valence-corrected chi connectivity index (χ2v) is 4.40. The molecule has 0 fully saturated rings. The van der Waals surface area contributed by atoms with Gasteiger partial charge in [-0.1, -0.05) is 15.9 Å². The van der Waals surface area contributed by atoms with E-state index in [1.807, 2.05) is 31.2 Å². The van der Waals surface area contributed by atoms with E-state index >= 15 is 0 Å². The second-order valence-electron chi connectivity index (χ2n) is 3.48. The van der Waals surface area contributed by atoms with E-state index in [0.29, 0.717) is 11.5 Å². The summed E-state index contributed by atoms with van der Waals surface area (Å²) in [5.41, 5.74) is 2.38. The number of rotatable bonds is 2. The summed E-state index contributed by atoms with van der Waals surface area (Å²) < 4.78 is 1.03. The zero-order chi connectivity index (χ0) is 12.3. The molecule has 2 aromatic rings. The molecule has 0 spiro atoms. The lowest BCUT2D eigenvalue weighted by Gasteiger charge is -2.08. The lowest BCUT2D eigenvalue weighted by molar-refractivity contribution is 1.16. The fraction of sp³-hybridized carbons (Fsp3) is 0.0833.